The predicted molar refractivity (Wildman–Crippen MR) is 39.2 cm³/mol. The summed E-state index contributed by atoms with van der Waals surface area (Å²) < 4.78 is 0. The fourth-order valence-corrected chi connectivity index (χ4v) is 0.647. The zero-order chi connectivity index (χ0) is 9.56. The molecular weight excluding hydrogens is 166 g/mol. The molecule has 0 aliphatic heterocycles. The summed E-state index contributed by atoms with van der Waals surface area (Å²) in [6.07, 6.45) is -0.983. The van der Waals surface area contributed by atoms with Crippen LogP contribution in [0.3, 0.4) is 0 Å². The molecule has 0 aromatic carbocycles. The second-order valence-corrected chi connectivity index (χ2v) is 2.19. The lowest BCUT2D eigenvalue weighted by Crippen LogP contribution is -2.45. The summed E-state index contributed by atoms with van der Waals surface area (Å²) in [6, 6.07) is -1.04. The Hall–Kier alpha value is -0.690. The van der Waals surface area contributed by atoms with Gasteiger partial charge < -0.3 is 10.2 Å². The molecule has 0 saturated heterocycles. The van der Waals surface area contributed by atoms with Gasteiger partial charge in [-0.05, 0) is 6.92 Å². The minimum atomic E-state index is -1.13. The Kier molecular flexibility index (Phi) is 5.56. The van der Waals surface area contributed by atoms with Crippen LogP contribution in [0.1, 0.15) is 6.92 Å². The molecule has 0 fully saturated rings. The van der Waals surface area contributed by atoms with Crippen molar-refractivity contribution in [1.29, 1.82) is 0 Å². The monoisotopic (exact) mass is 179 g/mol. The third-order valence-electron chi connectivity index (χ3n) is 1.23. The van der Waals surface area contributed by atoms with Gasteiger partial charge in [0.25, 0.3) is 0 Å². The molecule has 2 atom stereocenters. The molecule has 72 valence electrons. The van der Waals surface area contributed by atoms with Gasteiger partial charge in [-0.1, -0.05) is 0 Å². The number of nitrogens with one attached hydrogen (secondary N) is 1. The number of aliphatic hydroxyl groups is 1. The standard InChI is InChI=1S/C6H13NO5/c1-4(8)5(6(9)10)7-3-12-11-2/h4-5,7-8H,3H2,1-2H3,(H,9,10)/t4-,5-/m0/s1. The summed E-state index contributed by atoms with van der Waals surface area (Å²) in [5, 5.41) is 19.9. The van der Waals surface area contributed by atoms with Crippen molar-refractivity contribution in [3.8, 4) is 0 Å². The average molecular weight is 179 g/mol. The minimum Gasteiger partial charge on any atom is -0.480 e. The molecule has 0 radical (unpaired) electrons. The molecule has 12 heavy (non-hydrogen) atoms. The van der Waals surface area contributed by atoms with E-state index in [9.17, 15) is 4.79 Å². The van der Waals surface area contributed by atoms with Crippen molar-refractivity contribution in [3.05, 3.63) is 0 Å². The first-order chi connectivity index (χ1) is 5.59. The Morgan fingerprint density at radius 2 is 2.25 bits per heavy atom. The second kappa shape index (κ2) is 5.90. The molecule has 6 heteroatoms. The lowest BCUT2D eigenvalue weighted by Gasteiger charge is -2.15. The van der Waals surface area contributed by atoms with Crippen LogP contribution < -0.4 is 5.32 Å². The SMILES string of the molecule is COOCN[C@H](C(=O)O)[C@H](C)O. The zero-order valence-corrected chi connectivity index (χ0v) is 6.98. The third-order valence-corrected chi connectivity index (χ3v) is 1.23. The van der Waals surface area contributed by atoms with Crippen molar-refractivity contribution in [2.75, 3.05) is 13.8 Å². The summed E-state index contributed by atoms with van der Waals surface area (Å²) in [4.78, 5) is 19.0. The highest BCUT2D eigenvalue weighted by Gasteiger charge is 2.21. The first-order valence-corrected chi connectivity index (χ1v) is 3.39. The van der Waals surface area contributed by atoms with E-state index < -0.39 is 18.1 Å². The van der Waals surface area contributed by atoms with Crippen LogP contribution in [0.2, 0.25) is 0 Å². The number of carbonyl (C=O) groups is 1. The molecule has 0 bridgehead atoms. The molecule has 0 aromatic heterocycles. The molecule has 6 nitrogen and oxygen atoms in total. The molecule has 0 unspecified atom stereocenters. The van der Waals surface area contributed by atoms with Crippen LogP contribution in [0.25, 0.3) is 0 Å². The van der Waals surface area contributed by atoms with Crippen molar-refractivity contribution in [1.82, 2.24) is 5.32 Å². The van der Waals surface area contributed by atoms with E-state index in [1.807, 2.05) is 0 Å². The lowest BCUT2D eigenvalue weighted by molar-refractivity contribution is -0.278. The van der Waals surface area contributed by atoms with Gasteiger partial charge in [0.1, 0.15) is 12.8 Å². The van der Waals surface area contributed by atoms with Crippen LogP contribution in [0.5, 0.6) is 0 Å². The van der Waals surface area contributed by atoms with Gasteiger partial charge in [0.05, 0.1) is 13.2 Å². The number of hydrogen-bond acceptors (Lipinski definition) is 5. The molecule has 0 aliphatic rings. The van der Waals surface area contributed by atoms with Crippen molar-refractivity contribution < 1.29 is 24.8 Å². The number of carboxylic acids is 1. The number of rotatable bonds is 6. The van der Waals surface area contributed by atoms with Gasteiger partial charge in [-0.25, -0.2) is 9.78 Å². The number of aliphatic hydroxyl groups excluding tert-OH is 1. The van der Waals surface area contributed by atoms with Gasteiger partial charge in [0.15, 0.2) is 0 Å². The average Bonchev–Trinajstić information content (AvgIpc) is 1.96. The zero-order valence-electron chi connectivity index (χ0n) is 6.98. The topological polar surface area (TPSA) is 88.0 Å². The van der Waals surface area contributed by atoms with Crippen LogP contribution in [0.15, 0.2) is 0 Å². The highest BCUT2D eigenvalue weighted by molar-refractivity contribution is 5.74. The van der Waals surface area contributed by atoms with Crippen molar-refractivity contribution >= 4 is 5.97 Å². The predicted octanol–water partition coefficient (Wildman–Crippen LogP) is -1.05. The van der Waals surface area contributed by atoms with Gasteiger partial charge >= 0.3 is 5.97 Å². The van der Waals surface area contributed by atoms with Crippen LogP contribution in [-0.4, -0.2) is 42.2 Å². The molecule has 0 aromatic rings. The Bertz CT molecular complexity index is 138. The number of aliphatic carboxylic acids is 1. The van der Waals surface area contributed by atoms with E-state index in [1.165, 1.54) is 14.0 Å². The van der Waals surface area contributed by atoms with Crippen molar-refractivity contribution in [2.24, 2.45) is 0 Å². The Balaban J connectivity index is 3.72. The van der Waals surface area contributed by atoms with Gasteiger partial charge in [-0.2, -0.15) is 0 Å². The fourth-order valence-electron chi connectivity index (χ4n) is 0.647. The largest absolute Gasteiger partial charge is 0.480 e. The van der Waals surface area contributed by atoms with Gasteiger partial charge in [0, 0.05) is 0 Å². The van der Waals surface area contributed by atoms with E-state index in [4.69, 9.17) is 10.2 Å². The first-order valence-electron chi connectivity index (χ1n) is 3.39. The molecule has 0 spiro atoms. The first kappa shape index (κ1) is 11.3. The maximum absolute atomic E-state index is 10.4. The smallest absolute Gasteiger partial charge is 0.323 e. The lowest BCUT2D eigenvalue weighted by atomic mass is 10.2. The second-order valence-electron chi connectivity index (χ2n) is 2.19. The minimum absolute atomic E-state index is 0.0850. The maximum Gasteiger partial charge on any atom is 0.323 e. The summed E-state index contributed by atoms with van der Waals surface area (Å²) in [5.74, 6) is -1.13. The molecule has 0 aliphatic carbocycles. The van der Waals surface area contributed by atoms with Gasteiger partial charge in [-0.3, -0.25) is 10.1 Å². The molecule has 0 rings (SSSR count). The third kappa shape index (κ3) is 4.24. The molecular formula is C6H13NO5. The van der Waals surface area contributed by atoms with E-state index in [0.717, 1.165) is 0 Å². The normalized spacial score (nSPS) is 15.6. The quantitative estimate of drug-likeness (QED) is 0.208. The van der Waals surface area contributed by atoms with Crippen LogP contribution in [0.4, 0.5) is 0 Å². The van der Waals surface area contributed by atoms with E-state index in [0.29, 0.717) is 0 Å². The summed E-state index contributed by atoms with van der Waals surface area (Å²) in [7, 11) is 1.31. The summed E-state index contributed by atoms with van der Waals surface area (Å²) in [5.41, 5.74) is 0. The van der Waals surface area contributed by atoms with Crippen molar-refractivity contribution in [3.63, 3.8) is 0 Å². The van der Waals surface area contributed by atoms with Gasteiger partial charge in [0.2, 0.25) is 0 Å². The van der Waals surface area contributed by atoms with Crippen LogP contribution in [0, 0.1) is 0 Å². The van der Waals surface area contributed by atoms with E-state index in [1.54, 1.807) is 0 Å². The molecule has 0 amide bonds. The van der Waals surface area contributed by atoms with Crippen LogP contribution in [-0.2, 0) is 14.6 Å². The number of hydrogen-bond donors (Lipinski definition) is 3. The molecule has 0 heterocycles. The van der Waals surface area contributed by atoms with E-state index in [-0.39, 0.29) is 6.73 Å². The van der Waals surface area contributed by atoms with Crippen LogP contribution >= 0.6 is 0 Å². The van der Waals surface area contributed by atoms with Gasteiger partial charge in [-0.15, -0.1) is 0 Å². The maximum atomic E-state index is 10.4. The fraction of sp³-hybridized carbons (Fsp3) is 0.833. The Morgan fingerprint density at radius 1 is 1.67 bits per heavy atom. The molecule has 3 N–H and O–H groups in total. The highest BCUT2D eigenvalue weighted by Crippen LogP contribution is 1.92. The highest BCUT2D eigenvalue weighted by atomic mass is 17.2. The number of carboxylic acid groups (broad SMARTS) is 1. The summed E-state index contributed by atoms with van der Waals surface area (Å²) >= 11 is 0. The van der Waals surface area contributed by atoms with E-state index in [2.05, 4.69) is 15.1 Å². The Morgan fingerprint density at radius 3 is 2.58 bits per heavy atom. The Labute approximate surface area is 70.0 Å². The summed E-state index contributed by atoms with van der Waals surface area (Å²) in [6.45, 7) is 1.29. The van der Waals surface area contributed by atoms with E-state index >= 15 is 0 Å². The van der Waals surface area contributed by atoms with Crippen molar-refractivity contribution in [2.45, 2.75) is 19.1 Å². The molecule has 0 saturated carbocycles.